The van der Waals surface area contributed by atoms with Gasteiger partial charge < -0.3 is 5.73 Å². The average molecular weight is 284 g/mol. The molecule has 0 aromatic heterocycles. The lowest BCUT2D eigenvalue weighted by atomic mass is 9.90. The third-order valence-corrected chi connectivity index (χ3v) is 2.97. The molecule has 0 bridgehead atoms. The Bertz CT molecular complexity index is 558. The molecule has 0 unspecified atom stereocenters. The van der Waals surface area contributed by atoms with E-state index < -0.39 is 23.2 Å². The van der Waals surface area contributed by atoms with E-state index in [1.807, 2.05) is 0 Å². The van der Waals surface area contributed by atoms with Crippen molar-refractivity contribution < 1.29 is 18.0 Å². The minimum absolute atomic E-state index is 0.145. The second-order valence-electron chi connectivity index (χ2n) is 4.35. The molecule has 0 saturated carbocycles. The van der Waals surface area contributed by atoms with Crippen molar-refractivity contribution in [3.8, 4) is 11.8 Å². The summed E-state index contributed by atoms with van der Waals surface area (Å²) in [7, 11) is 0. The van der Waals surface area contributed by atoms with Crippen molar-refractivity contribution in [1.29, 1.82) is 0 Å². The summed E-state index contributed by atoms with van der Waals surface area (Å²) in [6.45, 7) is 3.20. The highest BCUT2D eigenvalue weighted by Gasteiger charge is 2.36. The Labute approximate surface area is 115 Å². The molecule has 0 fully saturated rings. The number of hydrogen-bond acceptors (Lipinski definition) is 2. The lowest BCUT2D eigenvalue weighted by molar-refractivity contribution is -0.138. The van der Waals surface area contributed by atoms with E-state index in [9.17, 15) is 18.0 Å². The molecule has 1 atom stereocenters. The Morgan fingerprint density at radius 1 is 1.35 bits per heavy atom. The van der Waals surface area contributed by atoms with Crippen molar-refractivity contribution in [1.82, 2.24) is 5.32 Å². The van der Waals surface area contributed by atoms with Gasteiger partial charge in [0.2, 0.25) is 5.91 Å². The van der Waals surface area contributed by atoms with E-state index in [2.05, 4.69) is 17.2 Å². The minimum atomic E-state index is -4.47. The van der Waals surface area contributed by atoms with Crippen molar-refractivity contribution in [2.45, 2.75) is 25.6 Å². The smallest absolute Gasteiger partial charge is 0.368 e. The summed E-state index contributed by atoms with van der Waals surface area (Å²) in [5.41, 5.74) is 3.22. The van der Waals surface area contributed by atoms with Crippen molar-refractivity contribution in [3.05, 3.63) is 35.4 Å². The number of amides is 1. The first-order valence-corrected chi connectivity index (χ1v) is 5.84. The topological polar surface area (TPSA) is 55.1 Å². The molecule has 1 rings (SSSR count). The molecule has 20 heavy (non-hydrogen) atoms. The predicted molar refractivity (Wildman–Crippen MR) is 69.4 cm³/mol. The zero-order chi connectivity index (χ0) is 15.4. The minimum Gasteiger partial charge on any atom is -0.368 e. The third kappa shape index (κ3) is 3.52. The van der Waals surface area contributed by atoms with E-state index in [1.165, 1.54) is 19.1 Å². The van der Waals surface area contributed by atoms with Crippen molar-refractivity contribution in [3.63, 3.8) is 0 Å². The van der Waals surface area contributed by atoms with E-state index in [4.69, 9.17) is 5.73 Å². The van der Waals surface area contributed by atoms with Crippen molar-refractivity contribution >= 4 is 5.91 Å². The molecule has 1 aromatic carbocycles. The van der Waals surface area contributed by atoms with Crippen LogP contribution in [0.1, 0.15) is 25.0 Å². The first-order chi connectivity index (χ1) is 9.21. The van der Waals surface area contributed by atoms with Crippen molar-refractivity contribution in [2.24, 2.45) is 5.73 Å². The average Bonchev–Trinajstić information content (AvgIpc) is 2.37. The highest BCUT2D eigenvalue weighted by molar-refractivity contribution is 5.85. The molecule has 0 aliphatic carbocycles. The zero-order valence-electron chi connectivity index (χ0n) is 11.1. The number of benzene rings is 1. The predicted octanol–water partition coefficient (Wildman–Crippen LogP) is 2.02. The maximum absolute atomic E-state index is 12.7. The van der Waals surface area contributed by atoms with E-state index in [0.29, 0.717) is 0 Å². The van der Waals surface area contributed by atoms with Gasteiger partial charge in [-0.15, -0.1) is 5.92 Å². The normalized spacial score (nSPS) is 14.1. The number of nitrogens with two attached hydrogens (primary N) is 1. The summed E-state index contributed by atoms with van der Waals surface area (Å²) in [5.74, 6) is 4.54. The van der Waals surface area contributed by atoms with Crippen LogP contribution in [0.5, 0.6) is 0 Å². The Kier molecular flexibility index (Phi) is 4.79. The fourth-order valence-corrected chi connectivity index (χ4v) is 1.65. The first kappa shape index (κ1) is 16.1. The van der Waals surface area contributed by atoms with Gasteiger partial charge in [0.15, 0.2) is 0 Å². The van der Waals surface area contributed by atoms with Crippen LogP contribution in [0.4, 0.5) is 13.2 Å². The molecule has 1 amide bonds. The summed E-state index contributed by atoms with van der Waals surface area (Å²) >= 11 is 0. The molecule has 108 valence electrons. The highest BCUT2D eigenvalue weighted by atomic mass is 19.4. The van der Waals surface area contributed by atoms with Gasteiger partial charge in [-0.3, -0.25) is 10.1 Å². The summed E-state index contributed by atoms with van der Waals surface area (Å²) < 4.78 is 38.1. The number of primary amides is 1. The number of nitrogens with one attached hydrogen (secondary N) is 1. The van der Waals surface area contributed by atoms with Crippen LogP contribution in [0.25, 0.3) is 0 Å². The van der Waals surface area contributed by atoms with E-state index in [1.54, 1.807) is 6.92 Å². The lowest BCUT2D eigenvalue weighted by Crippen LogP contribution is -2.50. The molecule has 3 N–H and O–H groups in total. The lowest BCUT2D eigenvalue weighted by Gasteiger charge is -2.27. The van der Waals surface area contributed by atoms with Gasteiger partial charge >= 0.3 is 6.18 Å². The van der Waals surface area contributed by atoms with Crippen LogP contribution >= 0.6 is 0 Å². The molecular weight excluding hydrogens is 269 g/mol. The number of rotatable bonds is 4. The molecule has 0 saturated heterocycles. The van der Waals surface area contributed by atoms with Crippen LogP contribution in [0.15, 0.2) is 24.3 Å². The van der Waals surface area contributed by atoms with Gasteiger partial charge in [0.1, 0.15) is 5.54 Å². The standard InChI is InChI=1S/C14H15F3N2O/c1-3-4-8-19-13(2,12(18)20)10-6-5-7-11(9-10)14(15,16)17/h5-7,9,19H,8H2,1-2H3,(H2,18,20)/t13-/m1/s1. The second kappa shape index (κ2) is 5.97. The Morgan fingerprint density at radius 2 is 1.95 bits per heavy atom. The first-order valence-electron chi connectivity index (χ1n) is 5.84. The van der Waals surface area contributed by atoms with Gasteiger partial charge in [-0.25, -0.2) is 0 Å². The Hall–Kier alpha value is -2.00. The van der Waals surface area contributed by atoms with Gasteiger partial charge in [0.25, 0.3) is 0 Å². The molecule has 6 heteroatoms. The highest BCUT2D eigenvalue weighted by Crippen LogP contribution is 2.32. The maximum atomic E-state index is 12.7. The number of halogens is 3. The molecule has 0 spiro atoms. The molecule has 3 nitrogen and oxygen atoms in total. The third-order valence-electron chi connectivity index (χ3n) is 2.97. The van der Waals surface area contributed by atoms with Crippen LogP contribution in [-0.2, 0) is 16.5 Å². The summed E-state index contributed by atoms with van der Waals surface area (Å²) in [4.78, 5) is 11.6. The number of carbonyl (C=O) groups is 1. The number of carbonyl (C=O) groups excluding carboxylic acids is 1. The Balaban J connectivity index is 3.21. The molecule has 1 aromatic rings. The summed E-state index contributed by atoms with van der Waals surface area (Å²) in [5, 5.41) is 2.78. The summed E-state index contributed by atoms with van der Waals surface area (Å²) in [6, 6.07) is 4.52. The molecule has 0 heterocycles. The number of alkyl halides is 3. The molecular formula is C14H15F3N2O. The Morgan fingerprint density at radius 3 is 2.45 bits per heavy atom. The fourth-order valence-electron chi connectivity index (χ4n) is 1.65. The fraction of sp³-hybridized carbons (Fsp3) is 0.357. The molecule has 0 radical (unpaired) electrons. The second-order valence-corrected chi connectivity index (χ2v) is 4.35. The SMILES string of the molecule is CC#CCN[C@@](C)(C(N)=O)c1cccc(C(F)(F)F)c1. The van der Waals surface area contributed by atoms with Crippen molar-refractivity contribution in [2.75, 3.05) is 6.54 Å². The van der Waals surface area contributed by atoms with E-state index in [-0.39, 0.29) is 12.1 Å². The van der Waals surface area contributed by atoms with Crippen LogP contribution in [0, 0.1) is 11.8 Å². The van der Waals surface area contributed by atoms with Crippen LogP contribution in [0.2, 0.25) is 0 Å². The molecule has 0 aliphatic rings. The van der Waals surface area contributed by atoms with Gasteiger partial charge in [-0.05, 0) is 31.5 Å². The van der Waals surface area contributed by atoms with Crippen LogP contribution in [0.3, 0.4) is 0 Å². The van der Waals surface area contributed by atoms with E-state index in [0.717, 1.165) is 12.1 Å². The van der Waals surface area contributed by atoms with Crippen LogP contribution < -0.4 is 11.1 Å². The van der Waals surface area contributed by atoms with Gasteiger partial charge in [-0.1, -0.05) is 18.1 Å². The quantitative estimate of drug-likeness (QED) is 0.831. The molecule has 0 aliphatic heterocycles. The van der Waals surface area contributed by atoms with E-state index >= 15 is 0 Å². The summed E-state index contributed by atoms with van der Waals surface area (Å²) in [6.07, 6.45) is -4.47. The van der Waals surface area contributed by atoms with Gasteiger partial charge in [-0.2, -0.15) is 13.2 Å². The number of hydrogen-bond donors (Lipinski definition) is 2. The maximum Gasteiger partial charge on any atom is 0.416 e. The van der Waals surface area contributed by atoms with Gasteiger partial charge in [0.05, 0.1) is 12.1 Å². The zero-order valence-corrected chi connectivity index (χ0v) is 11.1. The monoisotopic (exact) mass is 284 g/mol. The van der Waals surface area contributed by atoms with Crippen LogP contribution in [-0.4, -0.2) is 12.5 Å². The van der Waals surface area contributed by atoms with Gasteiger partial charge in [0, 0.05) is 0 Å². The largest absolute Gasteiger partial charge is 0.416 e.